The van der Waals surface area contributed by atoms with Gasteiger partial charge >= 0.3 is 0 Å². The van der Waals surface area contributed by atoms with Gasteiger partial charge in [-0.15, -0.1) is 0 Å². The van der Waals surface area contributed by atoms with Crippen LogP contribution in [-0.4, -0.2) is 128 Å². The van der Waals surface area contributed by atoms with Gasteiger partial charge in [-0.2, -0.15) is 0 Å². The van der Waals surface area contributed by atoms with Crippen LogP contribution in [0.3, 0.4) is 0 Å². The normalized spacial score (nSPS) is 55.6. The number of allylic oxidation sites excluding steroid dienone is 1. The van der Waals surface area contributed by atoms with Crippen molar-refractivity contribution in [2.24, 2.45) is 56.7 Å². The van der Waals surface area contributed by atoms with Crippen LogP contribution < -0.4 is 0 Å². The van der Waals surface area contributed by atoms with Gasteiger partial charge in [0.2, 0.25) is 0 Å². The molecule has 0 spiro atoms. The minimum absolute atomic E-state index is 0.0174. The van der Waals surface area contributed by atoms with Crippen LogP contribution >= 0.6 is 0 Å². The monoisotopic (exact) mass is 766 g/mol. The van der Waals surface area contributed by atoms with Crippen molar-refractivity contribution in [3.63, 3.8) is 0 Å². The van der Waals surface area contributed by atoms with Crippen molar-refractivity contribution in [2.45, 2.75) is 173 Å². The molecule has 7 rings (SSSR count). The van der Waals surface area contributed by atoms with Crippen molar-refractivity contribution >= 4 is 0 Å². The molecule has 7 fully saturated rings. The van der Waals surface area contributed by atoms with E-state index in [1.165, 1.54) is 18.4 Å². The van der Waals surface area contributed by atoms with Gasteiger partial charge in [0, 0.05) is 6.61 Å². The highest BCUT2D eigenvalue weighted by molar-refractivity contribution is 5.21. The number of aliphatic hydroxyl groups excluding tert-OH is 8. The summed E-state index contributed by atoms with van der Waals surface area (Å²) in [4.78, 5) is 0. The molecule has 2 aliphatic heterocycles. The Labute approximate surface area is 321 Å². The Morgan fingerprint density at radius 1 is 0.667 bits per heavy atom. The van der Waals surface area contributed by atoms with Crippen molar-refractivity contribution in [2.75, 3.05) is 19.8 Å². The molecule has 5 aliphatic carbocycles. The molecule has 0 radical (unpaired) electrons. The van der Waals surface area contributed by atoms with Gasteiger partial charge in [0.05, 0.1) is 19.3 Å². The van der Waals surface area contributed by atoms with Crippen LogP contribution in [0.4, 0.5) is 0 Å². The Hall–Kier alpha value is -0.740. The van der Waals surface area contributed by atoms with Gasteiger partial charge < -0.3 is 59.8 Å². The molecule has 0 bridgehead atoms. The molecule has 7 aliphatic rings. The standard InChI is InChI=1S/C42H70O12/c1-21(2)22-10-15-42(20-45)17-16-40(6)23(29(22)42)8-9-27-39(5)13-12-28(38(3,4)26(39)11-14-41(27,40)7)53-35-33(49)34(25(19-44)51-36(35)50)54-37-32(48)31(47)30(46)24(18-43)52-37/h22-37,43-50H,1,8-20H2,2-7H3/t22-,23+,24?,25+,26-,27+,28?,29+,30?,31?,32?,33-,34-,35+,36+,37?,39-,40+,41+,42+/m0/s1. The second-order valence-electron chi connectivity index (χ2n) is 20.2. The Balaban J connectivity index is 1.10. The molecule has 5 saturated carbocycles. The molecule has 2 heterocycles. The molecule has 2 saturated heterocycles. The Morgan fingerprint density at radius 2 is 1.37 bits per heavy atom. The maximum absolute atomic E-state index is 11.7. The fraction of sp³-hybridized carbons (Fsp3) is 0.952. The predicted octanol–water partition coefficient (Wildman–Crippen LogP) is 2.65. The molecule has 0 amide bonds. The second-order valence-corrected chi connectivity index (χ2v) is 20.2. The number of fused-ring (bicyclic) bond motifs is 7. The quantitative estimate of drug-likeness (QED) is 0.169. The molecule has 12 nitrogen and oxygen atoms in total. The zero-order valence-electron chi connectivity index (χ0n) is 33.3. The lowest BCUT2D eigenvalue weighted by atomic mass is 9.32. The number of hydrogen-bond acceptors (Lipinski definition) is 12. The average Bonchev–Trinajstić information content (AvgIpc) is 3.52. The number of aliphatic hydroxyl groups is 8. The first-order valence-electron chi connectivity index (χ1n) is 20.9. The van der Waals surface area contributed by atoms with Crippen LogP contribution in [0.2, 0.25) is 0 Å². The van der Waals surface area contributed by atoms with Gasteiger partial charge in [-0.1, -0.05) is 46.8 Å². The van der Waals surface area contributed by atoms with Crippen molar-refractivity contribution in [3.8, 4) is 0 Å². The molecule has 12 heteroatoms. The van der Waals surface area contributed by atoms with Crippen LogP contribution in [0.5, 0.6) is 0 Å². The van der Waals surface area contributed by atoms with Crippen molar-refractivity contribution in [1.29, 1.82) is 0 Å². The topological polar surface area (TPSA) is 199 Å². The van der Waals surface area contributed by atoms with Crippen molar-refractivity contribution in [3.05, 3.63) is 12.2 Å². The van der Waals surface area contributed by atoms with E-state index in [2.05, 4.69) is 48.1 Å². The molecular weight excluding hydrogens is 696 g/mol. The van der Waals surface area contributed by atoms with E-state index < -0.39 is 74.6 Å². The summed E-state index contributed by atoms with van der Waals surface area (Å²) in [6, 6.07) is 0. The summed E-state index contributed by atoms with van der Waals surface area (Å²) < 4.78 is 23.9. The van der Waals surface area contributed by atoms with E-state index in [-0.39, 0.29) is 39.8 Å². The van der Waals surface area contributed by atoms with Crippen LogP contribution in [0.1, 0.15) is 106 Å². The molecule has 6 unspecified atom stereocenters. The van der Waals surface area contributed by atoms with Gasteiger partial charge in [-0.05, 0) is 128 Å². The first kappa shape index (κ1) is 41.4. The highest BCUT2D eigenvalue weighted by Crippen LogP contribution is 2.77. The van der Waals surface area contributed by atoms with E-state index in [0.717, 1.165) is 51.4 Å². The number of rotatable bonds is 8. The summed E-state index contributed by atoms with van der Waals surface area (Å²) in [5, 5.41) is 84.7. The average molecular weight is 767 g/mol. The van der Waals surface area contributed by atoms with Gasteiger partial charge in [0.15, 0.2) is 12.6 Å². The molecular formula is C42H70O12. The first-order valence-corrected chi connectivity index (χ1v) is 20.9. The first-order chi connectivity index (χ1) is 25.3. The fourth-order valence-electron chi connectivity index (χ4n) is 14.7. The highest BCUT2D eigenvalue weighted by Gasteiger charge is 2.71. The Bertz CT molecular complexity index is 1380. The summed E-state index contributed by atoms with van der Waals surface area (Å²) in [6.07, 6.45) is -4.38. The minimum Gasteiger partial charge on any atom is -0.396 e. The molecule has 54 heavy (non-hydrogen) atoms. The number of ether oxygens (including phenoxy) is 4. The lowest BCUT2D eigenvalue weighted by molar-refractivity contribution is -0.365. The third kappa shape index (κ3) is 5.97. The SMILES string of the molecule is C=C(C)[C@@H]1CC[C@]2(CO)CC[C@]3(C)[C@H](CC[C@@H]4[C@@]5(C)CCC(O[C@@H]6[C@@H](O)[C@@H](OC7OC(CO)C(O)C(O)C7O)[C@@H](CO)O[C@H]6O)C(C)(C)[C@@H]5CC[C@]43C)[C@@H]12. The summed E-state index contributed by atoms with van der Waals surface area (Å²) in [5.74, 6) is 2.36. The lowest BCUT2D eigenvalue weighted by Gasteiger charge is -2.73. The Morgan fingerprint density at radius 3 is 2.02 bits per heavy atom. The van der Waals surface area contributed by atoms with Gasteiger partial charge in [0.25, 0.3) is 0 Å². The zero-order valence-corrected chi connectivity index (χ0v) is 33.3. The minimum atomic E-state index is -1.72. The molecule has 310 valence electrons. The number of hydrogen-bond donors (Lipinski definition) is 8. The zero-order chi connectivity index (χ0) is 39.3. The maximum Gasteiger partial charge on any atom is 0.187 e. The van der Waals surface area contributed by atoms with E-state index in [1.54, 1.807) is 0 Å². The lowest BCUT2D eigenvalue weighted by Crippen LogP contribution is -2.68. The fourth-order valence-corrected chi connectivity index (χ4v) is 14.7. The maximum atomic E-state index is 11.7. The van der Waals surface area contributed by atoms with Crippen LogP contribution in [0, 0.1) is 56.7 Å². The van der Waals surface area contributed by atoms with Crippen LogP contribution in [0.25, 0.3) is 0 Å². The van der Waals surface area contributed by atoms with E-state index >= 15 is 0 Å². The third-order valence-corrected chi connectivity index (χ3v) is 17.8. The van der Waals surface area contributed by atoms with E-state index in [1.807, 2.05) is 0 Å². The van der Waals surface area contributed by atoms with Gasteiger partial charge in [0.1, 0.15) is 48.8 Å². The van der Waals surface area contributed by atoms with Crippen molar-refractivity contribution in [1.82, 2.24) is 0 Å². The van der Waals surface area contributed by atoms with E-state index in [4.69, 9.17) is 18.9 Å². The van der Waals surface area contributed by atoms with E-state index in [0.29, 0.717) is 29.6 Å². The highest BCUT2D eigenvalue weighted by atomic mass is 16.7. The molecule has 0 aromatic heterocycles. The largest absolute Gasteiger partial charge is 0.396 e. The van der Waals surface area contributed by atoms with Crippen molar-refractivity contribution < 1.29 is 59.8 Å². The predicted molar refractivity (Wildman–Crippen MR) is 197 cm³/mol. The third-order valence-electron chi connectivity index (χ3n) is 17.8. The summed E-state index contributed by atoms with van der Waals surface area (Å²) >= 11 is 0. The molecule has 8 N–H and O–H groups in total. The Kier molecular flexibility index (Phi) is 11.1. The molecule has 0 aromatic rings. The smallest absolute Gasteiger partial charge is 0.187 e. The summed E-state index contributed by atoms with van der Waals surface area (Å²) in [6.45, 7) is 17.8. The van der Waals surface area contributed by atoms with Crippen LogP contribution in [0.15, 0.2) is 12.2 Å². The second kappa shape index (κ2) is 14.5. The van der Waals surface area contributed by atoms with Gasteiger partial charge in [-0.25, -0.2) is 0 Å². The molecule has 0 aromatic carbocycles. The summed E-state index contributed by atoms with van der Waals surface area (Å²) in [5.41, 5.74) is 1.32. The molecule has 20 atom stereocenters. The van der Waals surface area contributed by atoms with Gasteiger partial charge in [-0.3, -0.25) is 0 Å². The van der Waals surface area contributed by atoms with E-state index in [9.17, 15) is 40.9 Å². The summed E-state index contributed by atoms with van der Waals surface area (Å²) in [7, 11) is 0. The van der Waals surface area contributed by atoms with Crippen LogP contribution in [-0.2, 0) is 18.9 Å².